The fraction of sp³-hybridized carbons (Fsp3) is 0.636. The van der Waals surface area contributed by atoms with E-state index in [-0.39, 0.29) is 17.9 Å². The molecular weight excluding hydrogens is 352 g/mol. The Balaban J connectivity index is 1.30. The fourth-order valence-electron chi connectivity index (χ4n) is 4.01. The van der Waals surface area contributed by atoms with Crippen LogP contribution < -0.4 is 10.6 Å². The number of amides is 3. The highest BCUT2D eigenvalue weighted by Gasteiger charge is 2.27. The van der Waals surface area contributed by atoms with Crippen LogP contribution in [0.1, 0.15) is 39.0 Å². The summed E-state index contributed by atoms with van der Waals surface area (Å²) < 4.78 is 0. The van der Waals surface area contributed by atoms with Gasteiger partial charge in [0.15, 0.2) is 0 Å². The summed E-state index contributed by atoms with van der Waals surface area (Å²) >= 11 is 0. The molecule has 6 heteroatoms. The first-order chi connectivity index (χ1) is 13.6. The van der Waals surface area contributed by atoms with Crippen LogP contribution in [-0.4, -0.2) is 61.0 Å². The number of hydrogen-bond acceptors (Lipinski definition) is 3. The number of para-hydroxylation sites is 1. The largest absolute Gasteiger partial charge is 0.338 e. The molecule has 0 radical (unpaired) electrons. The number of carbonyl (C=O) groups is 2. The summed E-state index contributed by atoms with van der Waals surface area (Å²) in [4.78, 5) is 29.1. The Bertz CT molecular complexity index is 621. The molecule has 2 saturated heterocycles. The van der Waals surface area contributed by atoms with Crippen molar-refractivity contribution in [2.75, 3.05) is 44.6 Å². The lowest BCUT2D eigenvalue weighted by Gasteiger charge is -2.32. The zero-order valence-electron chi connectivity index (χ0n) is 17.0. The smallest absolute Gasteiger partial charge is 0.317 e. The minimum Gasteiger partial charge on any atom is -0.338 e. The van der Waals surface area contributed by atoms with Crippen LogP contribution >= 0.6 is 0 Å². The second-order valence-corrected chi connectivity index (χ2v) is 8.23. The summed E-state index contributed by atoms with van der Waals surface area (Å²) in [5, 5.41) is 6.01. The molecule has 154 valence electrons. The first kappa shape index (κ1) is 20.6. The van der Waals surface area contributed by atoms with E-state index >= 15 is 0 Å². The van der Waals surface area contributed by atoms with Crippen molar-refractivity contribution in [3.05, 3.63) is 30.3 Å². The maximum Gasteiger partial charge on any atom is 0.317 e. The van der Waals surface area contributed by atoms with Crippen molar-refractivity contribution < 1.29 is 9.59 Å². The van der Waals surface area contributed by atoms with Crippen LogP contribution in [0.5, 0.6) is 0 Å². The van der Waals surface area contributed by atoms with Gasteiger partial charge in [-0.25, -0.2) is 4.79 Å². The van der Waals surface area contributed by atoms with Crippen LogP contribution in [0.4, 0.5) is 10.5 Å². The Labute approximate surface area is 168 Å². The van der Waals surface area contributed by atoms with E-state index in [1.54, 1.807) is 0 Å². The van der Waals surface area contributed by atoms with E-state index in [2.05, 4.69) is 22.5 Å². The van der Waals surface area contributed by atoms with Crippen LogP contribution in [0, 0.1) is 11.8 Å². The number of piperidine rings is 2. The third kappa shape index (κ3) is 6.23. The number of nitrogens with zero attached hydrogens (tertiary/aromatic N) is 2. The minimum absolute atomic E-state index is 0.00850. The van der Waals surface area contributed by atoms with Crippen LogP contribution in [0.2, 0.25) is 0 Å². The van der Waals surface area contributed by atoms with E-state index in [0.717, 1.165) is 44.0 Å². The third-order valence-corrected chi connectivity index (χ3v) is 6.00. The van der Waals surface area contributed by atoms with Crippen molar-refractivity contribution in [1.29, 1.82) is 0 Å². The lowest BCUT2D eigenvalue weighted by molar-refractivity contribution is -0.121. The molecule has 2 aliphatic heterocycles. The summed E-state index contributed by atoms with van der Waals surface area (Å²) in [7, 11) is 0. The van der Waals surface area contributed by atoms with Gasteiger partial charge in [-0.15, -0.1) is 0 Å². The lowest BCUT2D eigenvalue weighted by atomic mass is 9.96. The summed E-state index contributed by atoms with van der Waals surface area (Å²) in [6, 6.07) is 9.55. The molecule has 1 aromatic rings. The van der Waals surface area contributed by atoms with Gasteiger partial charge in [-0.1, -0.05) is 25.1 Å². The minimum atomic E-state index is -0.0225. The van der Waals surface area contributed by atoms with Gasteiger partial charge in [0.2, 0.25) is 5.91 Å². The number of likely N-dealkylation sites (tertiary alicyclic amines) is 2. The highest BCUT2D eigenvalue weighted by atomic mass is 16.2. The van der Waals surface area contributed by atoms with Gasteiger partial charge >= 0.3 is 6.03 Å². The number of carbonyl (C=O) groups excluding carboxylic acids is 2. The summed E-state index contributed by atoms with van der Waals surface area (Å²) in [6.45, 7) is 7.77. The van der Waals surface area contributed by atoms with Gasteiger partial charge in [0, 0.05) is 31.2 Å². The molecule has 0 bridgehead atoms. The molecule has 0 unspecified atom stereocenters. The van der Waals surface area contributed by atoms with Crippen molar-refractivity contribution in [2.45, 2.75) is 39.0 Å². The summed E-state index contributed by atoms with van der Waals surface area (Å²) in [5.74, 6) is 0.890. The molecule has 6 nitrogen and oxygen atoms in total. The van der Waals surface area contributed by atoms with Crippen LogP contribution in [0.3, 0.4) is 0 Å². The number of hydrogen-bond donors (Lipinski definition) is 2. The molecule has 1 aromatic carbocycles. The van der Waals surface area contributed by atoms with Crippen LogP contribution in [0.25, 0.3) is 0 Å². The third-order valence-electron chi connectivity index (χ3n) is 6.00. The highest BCUT2D eigenvalue weighted by molar-refractivity contribution is 5.92. The molecule has 0 aromatic heterocycles. The van der Waals surface area contributed by atoms with Crippen LogP contribution in [0.15, 0.2) is 30.3 Å². The maximum atomic E-state index is 12.4. The molecule has 2 aliphatic rings. The molecule has 28 heavy (non-hydrogen) atoms. The fourth-order valence-corrected chi connectivity index (χ4v) is 4.01. The molecule has 2 heterocycles. The molecule has 3 amide bonds. The summed E-state index contributed by atoms with van der Waals surface area (Å²) in [6.07, 6.45) is 5.02. The second-order valence-electron chi connectivity index (χ2n) is 8.23. The Kier molecular flexibility index (Phi) is 7.71. The van der Waals surface area contributed by atoms with E-state index in [1.165, 1.54) is 25.9 Å². The topological polar surface area (TPSA) is 64.7 Å². The molecule has 0 saturated carbocycles. The molecule has 0 atom stereocenters. The first-order valence-electron chi connectivity index (χ1n) is 10.7. The van der Waals surface area contributed by atoms with Gasteiger partial charge < -0.3 is 20.4 Å². The van der Waals surface area contributed by atoms with E-state index in [9.17, 15) is 9.59 Å². The quantitative estimate of drug-likeness (QED) is 0.738. The number of urea groups is 1. The van der Waals surface area contributed by atoms with Gasteiger partial charge in [0.25, 0.3) is 0 Å². The van der Waals surface area contributed by atoms with Gasteiger partial charge in [-0.05, 0) is 69.8 Å². The zero-order valence-corrected chi connectivity index (χ0v) is 17.0. The van der Waals surface area contributed by atoms with Crippen molar-refractivity contribution in [2.24, 2.45) is 11.8 Å². The van der Waals surface area contributed by atoms with E-state index in [4.69, 9.17) is 0 Å². The van der Waals surface area contributed by atoms with Gasteiger partial charge in [0.05, 0.1) is 0 Å². The average molecular weight is 387 g/mol. The van der Waals surface area contributed by atoms with Gasteiger partial charge in [-0.3, -0.25) is 4.79 Å². The highest BCUT2D eigenvalue weighted by Crippen LogP contribution is 2.20. The zero-order chi connectivity index (χ0) is 19.8. The predicted octanol–water partition coefficient (Wildman–Crippen LogP) is 3.17. The molecule has 0 spiro atoms. The van der Waals surface area contributed by atoms with Gasteiger partial charge in [0.1, 0.15) is 0 Å². The number of benzene rings is 1. The molecular formula is C22H34N4O2. The normalized spacial score (nSPS) is 19.4. The number of anilines is 1. The van der Waals surface area contributed by atoms with E-state index in [1.807, 2.05) is 35.2 Å². The first-order valence-corrected chi connectivity index (χ1v) is 10.7. The molecule has 2 N–H and O–H groups in total. The second kappa shape index (κ2) is 10.5. The number of rotatable bonds is 6. The van der Waals surface area contributed by atoms with Crippen LogP contribution in [-0.2, 0) is 4.79 Å². The predicted molar refractivity (Wildman–Crippen MR) is 112 cm³/mol. The van der Waals surface area contributed by atoms with Crippen molar-refractivity contribution in [3.63, 3.8) is 0 Å². The van der Waals surface area contributed by atoms with Crippen molar-refractivity contribution in [3.8, 4) is 0 Å². The van der Waals surface area contributed by atoms with Crippen molar-refractivity contribution in [1.82, 2.24) is 15.1 Å². The average Bonchev–Trinajstić information content (AvgIpc) is 2.73. The van der Waals surface area contributed by atoms with Gasteiger partial charge in [-0.2, -0.15) is 0 Å². The standard InChI is InChI=1S/C22H34N4O2/c1-18-8-14-25(15-9-18)13-5-12-23-22(28)26-16-10-19(11-17-26)21(27)24-20-6-3-2-4-7-20/h2-4,6-7,18-19H,5,8-17H2,1H3,(H,23,28)(H,24,27). The maximum absolute atomic E-state index is 12.4. The SMILES string of the molecule is CC1CCN(CCCNC(=O)N2CCC(C(=O)Nc3ccccc3)CC2)CC1. The summed E-state index contributed by atoms with van der Waals surface area (Å²) in [5.41, 5.74) is 0.829. The molecule has 3 rings (SSSR count). The Hall–Kier alpha value is -2.08. The number of nitrogens with one attached hydrogen (secondary N) is 2. The Morgan fingerprint density at radius 1 is 1.00 bits per heavy atom. The molecule has 2 fully saturated rings. The monoisotopic (exact) mass is 386 g/mol. The van der Waals surface area contributed by atoms with Crippen molar-refractivity contribution >= 4 is 17.6 Å². The lowest BCUT2D eigenvalue weighted by Crippen LogP contribution is -2.46. The molecule has 0 aliphatic carbocycles. The van der Waals surface area contributed by atoms with E-state index < -0.39 is 0 Å². The Morgan fingerprint density at radius 3 is 2.36 bits per heavy atom. The van der Waals surface area contributed by atoms with E-state index in [0.29, 0.717) is 13.1 Å². The Morgan fingerprint density at radius 2 is 1.68 bits per heavy atom.